The van der Waals surface area contributed by atoms with E-state index in [-0.39, 0.29) is 55.6 Å². The fourth-order valence-corrected chi connectivity index (χ4v) is 6.06. The van der Waals surface area contributed by atoms with E-state index < -0.39 is 0 Å². The summed E-state index contributed by atoms with van der Waals surface area (Å²) < 4.78 is 17.6. The van der Waals surface area contributed by atoms with Gasteiger partial charge in [0.05, 0.1) is 19.1 Å². The third kappa shape index (κ3) is 7.13. The molecule has 3 aliphatic rings. The van der Waals surface area contributed by atoms with Gasteiger partial charge < -0.3 is 29.5 Å². The largest absolute Gasteiger partial charge is 0.488 e. The number of likely N-dealkylation sites (N-methyl/N-ethyl adjacent to an activating group) is 1. The van der Waals surface area contributed by atoms with Crippen molar-refractivity contribution in [2.75, 3.05) is 38.9 Å². The maximum Gasteiger partial charge on any atom is 0.231 e. The number of fused-ring (bicyclic) bond motifs is 2. The molecule has 2 aliphatic heterocycles. The van der Waals surface area contributed by atoms with Crippen LogP contribution in [0.4, 0.5) is 5.69 Å². The molecule has 222 valence electrons. The maximum absolute atomic E-state index is 13.5. The summed E-state index contributed by atoms with van der Waals surface area (Å²) in [5, 5.41) is 13.0. The maximum atomic E-state index is 13.5. The zero-order valence-electron chi connectivity index (χ0n) is 24.4. The van der Waals surface area contributed by atoms with Gasteiger partial charge >= 0.3 is 0 Å². The number of amides is 2. The molecule has 0 radical (unpaired) electrons. The van der Waals surface area contributed by atoms with Gasteiger partial charge in [0.15, 0.2) is 11.5 Å². The summed E-state index contributed by atoms with van der Waals surface area (Å²) in [7, 11) is 2.05. The molecule has 2 heterocycles. The van der Waals surface area contributed by atoms with E-state index in [1.807, 2.05) is 43.3 Å². The SMILES string of the molecule is C[C@@H]1CN([C@H](C)CO)C(=O)Cc2cc(NC(=O)C3CCCCC3)ccc2O[C@H]1CN(C)Cc1ccc2c(c1)OCO2. The predicted octanol–water partition coefficient (Wildman–Crippen LogP) is 4.22. The molecule has 3 atom stereocenters. The van der Waals surface area contributed by atoms with E-state index in [9.17, 15) is 14.7 Å². The van der Waals surface area contributed by atoms with Gasteiger partial charge in [-0.15, -0.1) is 0 Å². The number of hydrogen-bond acceptors (Lipinski definition) is 7. The summed E-state index contributed by atoms with van der Waals surface area (Å²) in [6.45, 7) is 5.89. The standard InChI is InChI=1S/C32H43N3O6/c1-21-16-35(22(2)19-36)31(37)15-25-14-26(33-32(38)24-7-5-4-6-8-24)10-12-27(25)41-30(21)18-34(3)17-23-9-11-28-29(13-23)40-20-39-28/h9-14,21-22,24,30,36H,4-8,15-20H2,1-3H3,(H,33,38)/t21-,22-,30+/m1/s1. The summed E-state index contributed by atoms with van der Waals surface area (Å²) in [6.07, 6.45) is 5.14. The minimum absolute atomic E-state index is 0.00350. The number of carbonyl (C=O) groups excluding carboxylic acids is 2. The highest BCUT2D eigenvalue weighted by Gasteiger charge is 2.31. The van der Waals surface area contributed by atoms with Crippen LogP contribution in [-0.4, -0.2) is 72.4 Å². The average Bonchev–Trinajstić information content (AvgIpc) is 3.45. The van der Waals surface area contributed by atoms with Crippen molar-refractivity contribution in [1.29, 1.82) is 0 Å². The lowest BCUT2D eigenvalue weighted by Crippen LogP contribution is -2.47. The highest BCUT2D eigenvalue weighted by atomic mass is 16.7. The van der Waals surface area contributed by atoms with Gasteiger partial charge in [0, 0.05) is 42.7 Å². The molecule has 1 aliphatic carbocycles. The highest BCUT2D eigenvalue weighted by Crippen LogP contribution is 2.33. The molecule has 2 aromatic rings. The molecule has 2 aromatic carbocycles. The zero-order valence-corrected chi connectivity index (χ0v) is 24.4. The Bertz CT molecular complexity index is 1230. The Balaban J connectivity index is 1.35. The van der Waals surface area contributed by atoms with Crippen molar-refractivity contribution in [3.8, 4) is 17.2 Å². The lowest BCUT2D eigenvalue weighted by Gasteiger charge is -2.34. The van der Waals surface area contributed by atoms with Crippen LogP contribution in [0.25, 0.3) is 0 Å². The molecule has 9 nitrogen and oxygen atoms in total. The Morgan fingerprint density at radius 3 is 2.63 bits per heavy atom. The van der Waals surface area contributed by atoms with Gasteiger partial charge in [-0.25, -0.2) is 0 Å². The Kier molecular flexibility index (Phi) is 9.35. The number of carbonyl (C=O) groups is 2. The van der Waals surface area contributed by atoms with Crippen molar-refractivity contribution in [2.24, 2.45) is 11.8 Å². The van der Waals surface area contributed by atoms with Crippen LogP contribution in [0.15, 0.2) is 36.4 Å². The number of rotatable bonds is 8. The monoisotopic (exact) mass is 565 g/mol. The van der Waals surface area contributed by atoms with Crippen LogP contribution < -0.4 is 19.5 Å². The molecular weight excluding hydrogens is 522 g/mol. The van der Waals surface area contributed by atoms with Crippen molar-refractivity contribution >= 4 is 17.5 Å². The second kappa shape index (κ2) is 13.1. The lowest BCUT2D eigenvalue weighted by molar-refractivity contribution is -0.134. The first kappa shape index (κ1) is 29.2. The van der Waals surface area contributed by atoms with Crippen molar-refractivity contribution < 1.29 is 28.9 Å². The smallest absolute Gasteiger partial charge is 0.231 e. The minimum atomic E-state index is -0.312. The van der Waals surface area contributed by atoms with Crippen LogP contribution >= 0.6 is 0 Å². The molecular formula is C32H43N3O6. The Morgan fingerprint density at radius 2 is 1.85 bits per heavy atom. The summed E-state index contributed by atoms with van der Waals surface area (Å²) >= 11 is 0. The number of benzene rings is 2. The third-order valence-electron chi connectivity index (χ3n) is 8.54. The second-order valence-corrected chi connectivity index (χ2v) is 11.9. The number of aliphatic hydroxyl groups is 1. The summed E-state index contributed by atoms with van der Waals surface area (Å²) in [5.41, 5.74) is 2.53. The second-order valence-electron chi connectivity index (χ2n) is 11.9. The van der Waals surface area contributed by atoms with Crippen molar-refractivity contribution in [3.05, 3.63) is 47.5 Å². The summed E-state index contributed by atoms with van der Waals surface area (Å²) in [5.74, 6) is 2.21. The van der Waals surface area contributed by atoms with Crippen molar-refractivity contribution in [3.63, 3.8) is 0 Å². The number of ether oxygens (including phenoxy) is 3. The number of anilines is 1. The third-order valence-corrected chi connectivity index (χ3v) is 8.54. The number of aliphatic hydroxyl groups excluding tert-OH is 1. The first-order valence-electron chi connectivity index (χ1n) is 14.9. The van der Waals surface area contributed by atoms with E-state index in [1.54, 1.807) is 4.90 Å². The molecule has 1 fully saturated rings. The predicted molar refractivity (Wildman–Crippen MR) is 156 cm³/mol. The molecule has 9 heteroatoms. The van der Waals surface area contributed by atoms with E-state index in [0.29, 0.717) is 31.1 Å². The molecule has 0 spiro atoms. The molecule has 0 saturated heterocycles. The zero-order chi connectivity index (χ0) is 28.9. The van der Waals surface area contributed by atoms with Gasteiger partial charge in [-0.2, -0.15) is 0 Å². The molecule has 2 N–H and O–H groups in total. The minimum Gasteiger partial charge on any atom is -0.488 e. The fourth-order valence-electron chi connectivity index (χ4n) is 6.06. The first-order valence-corrected chi connectivity index (χ1v) is 14.9. The first-order chi connectivity index (χ1) is 19.8. The average molecular weight is 566 g/mol. The van der Waals surface area contributed by atoms with Crippen LogP contribution in [0.1, 0.15) is 57.1 Å². The molecule has 5 rings (SSSR count). The van der Waals surface area contributed by atoms with Crippen LogP contribution in [0.3, 0.4) is 0 Å². The summed E-state index contributed by atoms with van der Waals surface area (Å²) in [6, 6.07) is 11.3. The molecule has 0 aromatic heterocycles. The molecule has 0 bridgehead atoms. The number of nitrogens with zero attached hydrogens (tertiary/aromatic N) is 2. The van der Waals surface area contributed by atoms with Gasteiger partial charge in [0.2, 0.25) is 18.6 Å². The molecule has 41 heavy (non-hydrogen) atoms. The lowest BCUT2D eigenvalue weighted by atomic mass is 9.88. The van der Waals surface area contributed by atoms with E-state index in [4.69, 9.17) is 14.2 Å². The topological polar surface area (TPSA) is 101 Å². The highest BCUT2D eigenvalue weighted by molar-refractivity contribution is 5.93. The van der Waals surface area contributed by atoms with Crippen LogP contribution in [-0.2, 0) is 22.6 Å². The van der Waals surface area contributed by atoms with Gasteiger partial charge in [0.25, 0.3) is 0 Å². The fraction of sp³-hybridized carbons (Fsp3) is 0.562. The van der Waals surface area contributed by atoms with Crippen LogP contribution in [0.2, 0.25) is 0 Å². The Labute approximate surface area is 242 Å². The van der Waals surface area contributed by atoms with E-state index in [0.717, 1.165) is 48.3 Å². The molecule has 0 unspecified atom stereocenters. The van der Waals surface area contributed by atoms with Crippen molar-refractivity contribution in [2.45, 2.75) is 71.1 Å². The van der Waals surface area contributed by atoms with Gasteiger partial charge in [-0.05, 0) is 62.7 Å². The summed E-state index contributed by atoms with van der Waals surface area (Å²) in [4.78, 5) is 30.4. The van der Waals surface area contributed by atoms with E-state index >= 15 is 0 Å². The van der Waals surface area contributed by atoms with Gasteiger partial charge in [-0.1, -0.05) is 32.3 Å². The van der Waals surface area contributed by atoms with Gasteiger partial charge in [-0.3, -0.25) is 14.5 Å². The molecule has 2 amide bonds. The number of nitrogens with one attached hydrogen (secondary N) is 1. The van der Waals surface area contributed by atoms with Crippen molar-refractivity contribution in [1.82, 2.24) is 9.80 Å². The van der Waals surface area contributed by atoms with Gasteiger partial charge in [0.1, 0.15) is 11.9 Å². The van der Waals surface area contributed by atoms with E-state index in [2.05, 4.69) is 24.2 Å². The van der Waals surface area contributed by atoms with Crippen LogP contribution in [0.5, 0.6) is 17.2 Å². The molecule has 1 saturated carbocycles. The number of hydrogen-bond donors (Lipinski definition) is 2. The quantitative estimate of drug-likeness (QED) is 0.495. The van der Waals surface area contributed by atoms with E-state index in [1.165, 1.54) is 6.42 Å². The van der Waals surface area contributed by atoms with Crippen LogP contribution in [0, 0.1) is 11.8 Å². The normalized spacial score (nSPS) is 21.9. The Hall–Kier alpha value is -3.30. The Morgan fingerprint density at radius 1 is 1.10 bits per heavy atom.